The minimum Gasteiger partial charge on any atom is -0.311 e. The number of pyridine rings is 1. The maximum atomic E-state index is 12.1. The number of anilines is 1. The van der Waals surface area contributed by atoms with Crippen LogP contribution in [-0.2, 0) is 4.79 Å². The third-order valence-electron chi connectivity index (χ3n) is 4.20. The zero-order valence-electron chi connectivity index (χ0n) is 11.4. The van der Waals surface area contributed by atoms with Crippen molar-refractivity contribution in [2.24, 2.45) is 5.92 Å². The Morgan fingerprint density at radius 1 is 1.37 bits per heavy atom. The quantitative estimate of drug-likeness (QED) is 0.875. The van der Waals surface area contributed by atoms with Crippen LogP contribution in [0.1, 0.15) is 37.8 Å². The van der Waals surface area contributed by atoms with Crippen molar-refractivity contribution < 1.29 is 4.79 Å². The minimum absolute atomic E-state index is 0.101. The monoisotopic (exact) mass is 259 g/mol. The first-order valence-electron chi connectivity index (χ1n) is 7.18. The highest BCUT2D eigenvalue weighted by Crippen LogP contribution is 2.32. The fraction of sp³-hybridized carbons (Fsp3) is 0.600. The molecule has 0 aliphatic carbocycles. The zero-order chi connectivity index (χ0) is 13.2. The van der Waals surface area contributed by atoms with E-state index in [0.717, 1.165) is 18.5 Å². The number of rotatable bonds is 3. The Morgan fingerprint density at radius 3 is 2.79 bits per heavy atom. The number of hydrogen-bond acceptors (Lipinski definition) is 3. The van der Waals surface area contributed by atoms with E-state index < -0.39 is 0 Å². The third kappa shape index (κ3) is 3.13. The molecule has 1 amide bonds. The maximum absolute atomic E-state index is 12.1. The molecule has 2 unspecified atom stereocenters. The highest BCUT2D eigenvalue weighted by Gasteiger charge is 2.34. The second-order valence-electron chi connectivity index (χ2n) is 5.89. The second kappa shape index (κ2) is 5.29. The Labute approximate surface area is 114 Å². The molecule has 0 radical (unpaired) electrons. The molecule has 2 aliphatic rings. The number of amides is 1. The van der Waals surface area contributed by atoms with Crippen LogP contribution in [0, 0.1) is 12.8 Å². The number of carbonyl (C=O) groups excluding carboxylic acids is 1. The Hall–Kier alpha value is -1.42. The molecule has 1 aromatic rings. The maximum Gasteiger partial charge on any atom is 0.225 e. The van der Waals surface area contributed by atoms with Crippen LogP contribution in [0.15, 0.2) is 18.2 Å². The first kappa shape index (κ1) is 12.6. The molecule has 0 spiro atoms. The summed E-state index contributed by atoms with van der Waals surface area (Å²) < 4.78 is 0. The molecule has 19 heavy (non-hydrogen) atoms. The zero-order valence-corrected chi connectivity index (χ0v) is 11.4. The summed E-state index contributed by atoms with van der Waals surface area (Å²) in [6.45, 7) is 1.93. The minimum atomic E-state index is 0.101. The van der Waals surface area contributed by atoms with Crippen molar-refractivity contribution in [1.82, 2.24) is 10.3 Å². The van der Waals surface area contributed by atoms with E-state index in [2.05, 4.69) is 15.6 Å². The molecule has 102 valence electrons. The first-order valence-corrected chi connectivity index (χ1v) is 7.18. The van der Waals surface area contributed by atoms with Gasteiger partial charge in [-0.1, -0.05) is 6.07 Å². The van der Waals surface area contributed by atoms with Crippen LogP contribution in [0.2, 0.25) is 0 Å². The van der Waals surface area contributed by atoms with Crippen LogP contribution in [-0.4, -0.2) is 23.0 Å². The fourth-order valence-electron chi connectivity index (χ4n) is 3.41. The lowest BCUT2D eigenvalue weighted by molar-refractivity contribution is -0.117. The SMILES string of the molecule is Cc1cccc(NC(=O)CC2CC3CCC(C2)N3)n1. The first-order chi connectivity index (χ1) is 9.19. The van der Waals surface area contributed by atoms with Crippen molar-refractivity contribution in [2.75, 3.05) is 5.32 Å². The Kier molecular flexibility index (Phi) is 3.51. The number of nitrogens with zero attached hydrogens (tertiary/aromatic N) is 1. The number of aryl methyl sites for hydroxylation is 1. The van der Waals surface area contributed by atoms with E-state index in [-0.39, 0.29) is 5.91 Å². The topological polar surface area (TPSA) is 54.0 Å². The number of fused-ring (bicyclic) bond motifs is 2. The molecule has 4 nitrogen and oxygen atoms in total. The third-order valence-corrected chi connectivity index (χ3v) is 4.20. The lowest BCUT2D eigenvalue weighted by atomic mass is 9.89. The Balaban J connectivity index is 1.54. The summed E-state index contributed by atoms with van der Waals surface area (Å²) in [5, 5.41) is 6.52. The summed E-state index contributed by atoms with van der Waals surface area (Å²) in [5.41, 5.74) is 0.928. The number of carbonyl (C=O) groups is 1. The van der Waals surface area contributed by atoms with Crippen LogP contribution in [0.25, 0.3) is 0 Å². The van der Waals surface area contributed by atoms with Gasteiger partial charge in [0.15, 0.2) is 0 Å². The molecule has 2 atom stereocenters. The highest BCUT2D eigenvalue weighted by molar-refractivity contribution is 5.89. The predicted molar refractivity (Wildman–Crippen MR) is 74.9 cm³/mol. The molecule has 3 rings (SSSR count). The van der Waals surface area contributed by atoms with E-state index in [1.807, 2.05) is 25.1 Å². The van der Waals surface area contributed by atoms with E-state index >= 15 is 0 Å². The molecule has 2 fully saturated rings. The van der Waals surface area contributed by atoms with Crippen molar-refractivity contribution >= 4 is 11.7 Å². The van der Waals surface area contributed by atoms with Gasteiger partial charge in [-0.15, -0.1) is 0 Å². The van der Waals surface area contributed by atoms with Gasteiger partial charge in [0.25, 0.3) is 0 Å². The summed E-state index contributed by atoms with van der Waals surface area (Å²) in [5.74, 6) is 1.30. The second-order valence-corrected chi connectivity index (χ2v) is 5.89. The lowest BCUT2D eigenvalue weighted by Crippen LogP contribution is -2.39. The average molecular weight is 259 g/mol. The number of nitrogens with one attached hydrogen (secondary N) is 2. The number of aromatic nitrogens is 1. The standard InChI is InChI=1S/C15H21N3O/c1-10-3-2-4-14(16-10)18-15(19)9-11-7-12-5-6-13(8-11)17-12/h2-4,11-13,17H,5-9H2,1H3,(H,16,18,19). The molecule has 2 bridgehead atoms. The van der Waals surface area contributed by atoms with Crippen molar-refractivity contribution in [3.8, 4) is 0 Å². The smallest absolute Gasteiger partial charge is 0.225 e. The van der Waals surface area contributed by atoms with Gasteiger partial charge >= 0.3 is 0 Å². The summed E-state index contributed by atoms with van der Waals surface area (Å²) in [7, 11) is 0. The van der Waals surface area contributed by atoms with Crippen LogP contribution in [0.5, 0.6) is 0 Å². The fourth-order valence-corrected chi connectivity index (χ4v) is 3.41. The van der Waals surface area contributed by atoms with Gasteiger partial charge in [-0.25, -0.2) is 4.98 Å². The molecule has 2 aliphatic heterocycles. The predicted octanol–water partition coefficient (Wildman–Crippen LogP) is 2.25. The van der Waals surface area contributed by atoms with E-state index in [4.69, 9.17) is 0 Å². The van der Waals surface area contributed by atoms with Crippen LogP contribution < -0.4 is 10.6 Å². The summed E-state index contributed by atoms with van der Waals surface area (Å²) >= 11 is 0. The summed E-state index contributed by atoms with van der Waals surface area (Å²) in [6.07, 6.45) is 5.48. The molecule has 0 saturated carbocycles. The average Bonchev–Trinajstić information content (AvgIpc) is 2.68. The molecule has 0 aromatic carbocycles. The van der Waals surface area contributed by atoms with Crippen LogP contribution in [0.3, 0.4) is 0 Å². The largest absolute Gasteiger partial charge is 0.311 e. The normalized spacial score (nSPS) is 29.2. The van der Waals surface area contributed by atoms with Crippen molar-refractivity contribution in [3.05, 3.63) is 23.9 Å². The van der Waals surface area contributed by atoms with Gasteiger partial charge in [-0.05, 0) is 50.7 Å². The molecule has 1 aromatic heterocycles. The molecular formula is C15H21N3O. The van der Waals surface area contributed by atoms with E-state index in [9.17, 15) is 4.79 Å². The summed E-state index contributed by atoms with van der Waals surface area (Å²) in [4.78, 5) is 16.4. The van der Waals surface area contributed by atoms with E-state index in [1.165, 1.54) is 12.8 Å². The van der Waals surface area contributed by atoms with Crippen molar-refractivity contribution in [2.45, 2.75) is 51.1 Å². The van der Waals surface area contributed by atoms with Crippen molar-refractivity contribution in [1.29, 1.82) is 0 Å². The number of piperidine rings is 1. The van der Waals surface area contributed by atoms with Gasteiger partial charge in [-0.2, -0.15) is 0 Å². The van der Waals surface area contributed by atoms with Gasteiger partial charge in [-0.3, -0.25) is 4.79 Å². The highest BCUT2D eigenvalue weighted by atomic mass is 16.1. The van der Waals surface area contributed by atoms with Crippen LogP contribution >= 0.6 is 0 Å². The van der Waals surface area contributed by atoms with Gasteiger partial charge in [0, 0.05) is 24.2 Å². The van der Waals surface area contributed by atoms with Gasteiger partial charge in [0.2, 0.25) is 5.91 Å². The molecule has 2 saturated heterocycles. The lowest BCUT2D eigenvalue weighted by Gasteiger charge is -2.28. The van der Waals surface area contributed by atoms with Crippen molar-refractivity contribution in [3.63, 3.8) is 0 Å². The Bertz CT molecular complexity index is 462. The molecule has 3 heterocycles. The van der Waals surface area contributed by atoms with Gasteiger partial charge in [0.05, 0.1) is 0 Å². The van der Waals surface area contributed by atoms with Gasteiger partial charge < -0.3 is 10.6 Å². The molecule has 2 N–H and O–H groups in total. The van der Waals surface area contributed by atoms with Crippen LogP contribution in [0.4, 0.5) is 5.82 Å². The Morgan fingerprint density at radius 2 is 2.11 bits per heavy atom. The van der Waals surface area contributed by atoms with E-state index in [1.54, 1.807) is 0 Å². The number of hydrogen-bond donors (Lipinski definition) is 2. The molecular weight excluding hydrogens is 238 g/mol. The van der Waals surface area contributed by atoms with Gasteiger partial charge in [0.1, 0.15) is 5.82 Å². The summed E-state index contributed by atoms with van der Waals surface area (Å²) in [6, 6.07) is 6.99. The molecule has 4 heteroatoms. The van der Waals surface area contributed by atoms with E-state index in [0.29, 0.717) is 30.2 Å².